The lowest BCUT2D eigenvalue weighted by atomic mass is 10.2. The van der Waals surface area contributed by atoms with Crippen LogP contribution in [0, 0.1) is 3.57 Å². The van der Waals surface area contributed by atoms with Gasteiger partial charge in [-0.25, -0.2) is 0 Å². The summed E-state index contributed by atoms with van der Waals surface area (Å²) < 4.78 is 2.40. The molecule has 1 heterocycles. The van der Waals surface area contributed by atoms with E-state index >= 15 is 0 Å². The molecule has 1 aromatic carbocycles. The maximum atomic E-state index is 10.8. The van der Waals surface area contributed by atoms with Crippen LogP contribution in [0.5, 0.6) is 0 Å². The van der Waals surface area contributed by atoms with Crippen LogP contribution in [0.4, 0.5) is 0 Å². The van der Waals surface area contributed by atoms with Crippen molar-refractivity contribution in [3.8, 4) is 0 Å². The minimum atomic E-state index is 0.804. The largest absolute Gasteiger partial charge is 0.298 e. The van der Waals surface area contributed by atoms with Crippen LogP contribution in [-0.4, -0.2) is 12.5 Å². The summed E-state index contributed by atoms with van der Waals surface area (Å²) in [7, 11) is 0. The highest BCUT2D eigenvalue weighted by Gasteiger charge is 2.08. The van der Waals surface area contributed by atoms with Crippen molar-refractivity contribution in [2.24, 2.45) is 0 Å². The highest BCUT2D eigenvalue weighted by molar-refractivity contribution is 14.1. The third-order valence-electron chi connectivity index (χ3n) is 1.98. The highest BCUT2D eigenvalue weighted by atomic mass is 127. The van der Waals surface area contributed by atoms with Gasteiger partial charge < -0.3 is 0 Å². The minimum Gasteiger partial charge on any atom is -0.298 e. The summed E-state index contributed by atoms with van der Waals surface area (Å²) in [5, 5.41) is 3.01. The second-order valence-corrected chi connectivity index (χ2v) is 5.77. The molecule has 0 amide bonds. The zero-order valence-electron chi connectivity index (χ0n) is 7.41. The predicted molar refractivity (Wildman–Crippen MR) is 71.7 cm³/mol. The maximum Gasteiger partial charge on any atom is 0.151 e. The summed E-state index contributed by atoms with van der Waals surface area (Å²) in [5.74, 6) is 0. The standard InChI is InChI=1S/C10H7IOS2/c1-13-9-3-7(11)2-8-6(4-12)5-14-10(8)9/h2-5H,1H3. The molecule has 0 saturated carbocycles. The Morgan fingerprint density at radius 3 is 2.93 bits per heavy atom. The van der Waals surface area contributed by atoms with E-state index < -0.39 is 0 Å². The van der Waals surface area contributed by atoms with E-state index in [1.54, 1.807) is 23.1 Å². The van der Waals surface area contributed by atoms with Gasteiger partial charge in [0.1, 0.15) is 0 Å². The molecule has 0 aliphatic heterocycles. The van der Waals surface area contributed by atoms with Crippen LogP contribution in [-0.2, 0) is 0 Å². The van der Waals surface area contributed by atoms with Crippen LogP contribution in [0.2, 0.25) is 0 Å². The average Bonchev–Trinajstić information content (AvgIpc) is 2.59. The van der Waals surface area contributed by atoms with Crippen LogP contribution in [0.15, 0.2) is 22.4 Å². The molecule has 0 spiro atoms. The summed E-state index contributed by atoms with van der Waals surface area (Å²) in [6.07, 6.45) is 2.99. The molecule has 0 unspecified atom stereocenters. The van der Waals surface area contributed by atoms with Crippen LogP contribution in [0.1, 0.15) is 10.4 Å². The molecular weight excluding hydrogens is 327 g/mol. The summed E-state index contributed by atoms with van der Waals surface area (Å²) in [6.45, 7) is 0. The van der Waals surface area contributed by atoms with Gasteiger partial charge in [0.15, 0.2) is 6.29 Å². The Bertz CT molecular complexity index is 490. The fraction of sp³-hybridized carbons (Fsp3) is 0.100. The number of fused-ring (bicyclic) bond motifs is 1. The number of thioether (sulfide) groups is 1. The second kappa shape index (κ2) is 4.20. The lowest BCUT2D eigenvalue weighted by Gasteiger charge is -2.00. The van der Waals surface area contributed by atoms with Crippen molar-refractivity contribution >= 4 is 62.1 Å². The van der Waals surface area contributed by atoms with Crippen molar-refractivity contribution in [2.75, 3.05) is 6.26 Å². The minimum absolute atomic E-state index is 0.804. The van der Waals surface area contributed by atoms with E-state index in [2.05, 4.69) is 41.0 Å². The molecule has 0 bridgehead atoms. The van der Waals surface area contributed by atoms with E-state index in [0.29, 0.717) is 0 Å². The molecule has 0 aliphatic rings. The molecule has 1 aromatic heterocycles. The molecule has 0 atom stereocenters. The van der Waals surface area contributed by atoms with Crippen molar-refractivity contribution in [3.63, 3.8) is 0 Å². The maximum absolute atomic E-state index is 10.8. The van der Waals surface area contributed by atoms with Gasteiger partial charge in [-0.05, 0) is 41.0 Å². The first-order valence-electron chi connectivity index (χ1n) is 3.96. The monoisotopic (exact) mass is 334 g/mol. The lowest BCUT2D eigenvalue weighted by Crippen LogP contribution is -1.79. The number of aldehydes is 1. The summed E-state index contributed by atoms with van der Waals surface area (Å²) in [6, 6.07) is 4.22. The zero-order chi connectivity index (χ0) is 10.1. The van der Waals surface area contributed by atoms with Gasteiger partial charge in [0.25, 0.3) is 0 Å². The Morgan fingerprint density at radius 1 is 1.50 bits per heavy atom. The molecule has 0 saturated heterocycles. The van der Waals surface area contributed by atoms with Gasteiger partial charge in [-0.2, -0.15) is 0 Å². The third kappa shape index (κ3) is 1.70. The molecule has 1 nitrogen and oxygen atoms in total. The van der Waals surface area contributed by atoms with Gasteiger partial charge in [-0.3, -0.25) is 4.79 Å². The molecule has 2 rings (SSSR count). The van der Waals surface area contributed by atoms with Crippen LogP contribution in [0.25, 0.3) is 10.1 Å². The number of carbonyl (C=O) groups excluding carboxylic acids is 1. The van der Waals surface area contributed by atoms with Crippen molar-refractivity contribution in [1.29, 1.82) is 0 Å². The SMILES string of the molecule is CSc1cc(I)cc2c(C=O)csc12. The lowest BCUT2D eigenvalue weighted by molar-refractivity contribution is 0.112. The molecule has 14 heavy (non-hydrogen) atoms. The molecular formula is C10H7IOS2. The van der Waals surface area contributed by atoms with E-state index in [4.69, 9.17) is 0 Å². The number of benzene rings is 1. The molecule has 0 aliphatic carbocycles. The van der Waals surface area contributed by atoms with E-state index in [1.807, 2.05) is 5.38 Å². The third-order valence-corrected chi connectivity index (χ3v) is 4.54. The van der Waals surface area contributed by atoms with Gasteiger partial charge in [-0.15, -0.1) is 23.1 Å². The molecule has 0 radical (unpaired) electrons. The Balaban J connectivity index is 2.83. The first-order chi connectivity index (χ1) is 6.76. The Kier molecular flexibility index (Phi) is 3.14. The van der Waals surface area contributed by atoms with Crippen molar-refractivity contribution in [3.05, 3.63) is 26.6 Å². The Labute approximate surface area is 104 Å². The van der Waals surface area contributed by atoms with E-state index in [9.17, 15) is 4.79 Å². The van der Waals surface area contributed by atoms with Gasteiger partial charge in [0.05, 0.1) is 0 Å². The number of carbonyl (C=O) groups is 1. The number of hydrogen-bond donors (Lipinski definition) is 0. The van der Waals surface area contributed by atoms with Gasteiger partial charge >= 0.3 is 0 Å². The van der Waals surface area contributed by atoms with E-state index in [0.717, 1.165) is 17.2 Å². The highest BCUT2D eigenvalue weighted by Crippen LogP contribution is 2.34. The van der Waals surface area contributed by atoms with Gasteiger partial charge in [-0.1, -0.05) is 0 Å². The Morgan fingerprint density at radius 2 is 2.29 bits per heavy atom. The van der Waals surface area contributed by atoms with Crippen molar-refractivity contribution in [2.45, 2.75) is 4.90 Å². The average molecular weight is 334 g/mol. The fourth-order valence-electron chi connectivity index (χ4n) is 1.33. The summed E-state index contributed by atoms with van der Waals surface area (Å²) in [5.41, 5.74) is 0.804. The number of rotatable bonds is 2. The molecule has 0 fully saturated rings. The molecule has 0 N–H and O–H groups in total. The first-order valence-corrected chi connectivity index (χ1v) is 7.14. The van der Waals surface area contributed by atoms with Gasteiger partial charge in [0, 0.05) is 29.5 Å². The number of hydrogen-bond acceptors (Lipinski definition) is 3. The van der Waals surface area contributed by atoms with Crippen LogP contribution < -0.4 is 0 Å². The quantitative estimate of drug-likeness (QED) is 0.468. The molecule has 4 heteroatoms. The van der Waals surface area contributed by atoms with E-state index in [-0.39, 0.29) is 0 Å². The van der Waals surface area contributed by atoms with Crippen LogP contribution >= 0.6 is 45.7 Å². The summed E-state index contributed by atoms with van der Waals surface area (Å²) in [4.78, 5) is 12.0. The number of halogens is 1. The normalized spacial score (nSPS) is 10.7. The number of thiophene rings is 1. The topological polar surface area (TPSA) is 17.1 Å². The molecule has 2 aromatic rings. The second-order valence-electron chi connectivity index (χ2n) is 2.79. The van der Waals surface area contributed by atoms with Crippen molar-refractivity contribution < 1.29 is 4.79 Å². The van der Waals surface area contributed by atoms with Crippen LogP contribution in [0.3, 0.4) is 0 Å². The Hall–Kier alpha value is -0.0700. The van der Waals surface area contributed by atoms with E-state index in [1.165, 1.54) is 13.2 Å². The smallest absolute Gasteiger partial charge is 0.151 e. The van der Waals surface area contributed by atoms with Gasteiger partial charge in [0.2, 0.25) is 0 Å². The first kappa shape index (κ1) is 10.4. The summed E-state index contributed by atoms with van der Waals surface area (Å²) >= 11 is 5.65. The zero-order valence-corrected chi connectivity index (χ0v) is 11.2. The predicted octanol–water partition coefficient (Wildman–Crippen LogP) is 4.04. The fourth-order valence-corrected chi connectivity index (χ4v) is 4.01. The van der Waals surface area contributed by atoms with Crippen molar-refractivity contribution in [1.82, 2.24) is 0 Å². The molecule has 72 valence electrons.